The highest BCUT2D eigenvalue weighted by Gasteiger charge is 2.35. The molecule has 0 unspecified atom stereocenters. The Morgan fingerprint density at radius 2 is 1.98 bits per heavy atom. The molecule has 41 heavy (non-hydrogen) atoms. The lowest BCUT2D eigenvalue weighted by Gasteiger charge is -2.26. The fourth-order valence-electron chi connectivity index (χ4n) is 4.64. The van der Waals surface area contributed by atoms with Gasteiger partial charge in [-0.25, -0.2) is 9.79 Å². The maximum absolute atomic E-state index is 13.9. The lowest BCUT2D eigenvalue weighted by molar-refractivity contribution is -0.384. The molecule has 1 aliphatic rings. The summed E-state index contributed by atoms with van der Waals surface area (Å²) in [6, 6.07) is 16.0. The number of esters is 1. The van der Waals surface area contributed by atoms with E-state index in [0.717, 1.165) is 0 Å². The molecule has 0 fully saturated rings. The highest BCUT2D eigenvalue weighted by Crippen LogP contribution is 2.36. The largest absolute Gasteiger partial charge is 0.491 e. The summed E-state index contributed by atoms with van der Waals surface area (Å²) in [5.41, 5.74) is 1.47. The van der Waals surface area contributed by atoms with Crippen molar-refractivity contribution in [3.63, 3.8) is 0 Å². The van der Waals surface area contributed by atoms with Crippen LogP contribution in [0.1, 0.15) is 45.1 Å². The predicted octanol–water partition coefficient (Wildman–Crippen LogP) is 4.75. The SMILES string of the molecule is CCOC(=O)C1=C(C)N=c2s/c(=C/c3ccc(-c4cccc([N+](=O)[O-])c4)o3)c(=O)n2[C@H]1c1ccccc1OC(C)C. The molecule has 11 heteroatoms. The van der Waals surface area contributed by atoms with Crippen LogP contribution in [0, 0.1) is 10.1 Å². The summed E-state index contributed by atoms with van der Waals surface area (Å²) in [6.07, 6.45) is 1.46. The normalized spacial score (nSPS) is 15.0. The third-order valence-electron chi connectivity index (χ3n) is 6.33. The van der Waals surface area contributed by atoms with Gasteiger partial charge >= 0.3 is 5.97 Å². The molecule has 0 radical (unpaired) electrons. The first-order valence-corrected chi connectivity index (χ1v) is 13.8. The van der Waals surface area contributed by atoms with E-state index in [-0.39, 0.29) is 29.5 Å². The number of carbonyl (C=O) groups excluding carboxylic acids is 1. The molecule has 0 amide bonds. The summed E-state index contributed by atoms with van der Waals surface area (Å²) in [5.74, 6) is 0.801. The highest BCUT2D eigenvalue weighted by molar-refractivity contribution is 7.07. The Morgan fingerprint density at radius 1 is 1.20 bits per heavy atom. The van der Waals surface area contributed by atoms with Crippen LogP contribution in [-0.4, -0.2) is 28.2 Å². The molecule has 0 saturated heterocycles. The molecule has 3 heterocycles. The number of hydrogen-bond donors (Lipinski definition) is 0. The highest BCUT2D eigenvalue weighted by atomic mass is 32.1. The Labute approximate surface area is 238 Å². The van der Waals surface area contributed by atoms with Gasteiger partial charge in [-0.15, -0.1) is 0 Å². The van der Waals surface area contributed by atoms with E-state index in [0.29, 0.717) is 43.4 Å². The maximum Gasteiger partial charge on any atom is 0.338 e. The average molecular weight is 574 g/mol. The van der Waals surface area contributed by atoms with E-state index in [1.807, 2.05) is 38.1 Å². The van der Waals surface area contributed by atoms with Crippen molar-refractivity contribution in [2.45, 2.75) is 39.8 Å². The number of para-hydroxylation sites is 1. The van der Waals surface area contributed by atoms with Crippen LogP contribution < -0.4 is 19.6 Å². The lowest BCUT2D eigenvalue weighted by Crippen LogP contribution is -2.40. The zero-order valence-corrected chi connectivity index (χ0v) is 23.6. The number of allylic oxidation sites excluding steroid dienone is 1. The van der Waals surface area contributed by atoms with Crippen molar-refractivity contribution in [3.8, 4) is 17.1 Å². The number of nitro benzene ring substituents is 1. The molecule has 0 bridgehead atoms. The molecular weight excluding hydrogens is 546 g/mol. The zero-order chi connectivity index (χ0) is 29.3. The van der Waals surface area contributed by atoms with Gasteiger partial charge in [0.2, 0.25) is 0 Å². The first-order valence-electron chi connectivity index (χ1n) is 13.0. The monoisotopic (exact) mass is 573 g/mol. The van der Waals surface area contributed by atoms with Gasteiger partial charge in [0.25, 0.3) is 11.2 Å². The minimum absolute atomic E-state index is 0.0525. The number of benzene rings is 2. The Balaban J connectivity index is 1.64. The number of nitrogens with zero attached hydrogens (tertiary/aromatic N) is 3. The van der Waals surface area contributed by atoms with Gasteiger partial charge in [-0.1, -0.05) is 41.7 Å². The van der Waals surface area contributed by atoms with Gasteiger partial charge in [-0.2, -0.15) is 0 Å². The topological polar surface area (TPSA) is 126 Å². The van der Waals surface area contributed by atoms with Crippen molar-refractivity contribution in [3.05, 3.63) is 113 Å². The molecule has 1 atom stereocenters. The van der Waals surface area contributed by atoms with Crippen molar-refractivity contribution in [1.29, 1.82) is 0 Å². The van der Waals surface area contributed by atoms with Crippen LogP contribution in [0.2, 0.25) is 0 Å². The van der Waals surface area contributed by atoms with Crippen LogP contribution >= 0.6 is 11.3 Å². The van der Waals surface area contributed by atoms with E-state index in [9.17, 15) is 19.7 Å². The average Bonchev–Trinajstić information content (AvgIpc) is 3.52. The molecule has 0 aliphatic carbocycles. The summed E-state index contributed by atoms with van der Waals surface area (Å²) >= 11 is 1.17. The van der Waals surface area contributed by atoms with Crippen molar-refractivity contribution in [2.24, 2.45) is 4.99 Å². The fourth-order valence-corrected chi connectivity index (χ4v) is 5.67. The third kappa shape index (κ3) is 5.48. The van der Waals surface area contributed by atoms with Crippen molar-refractivity contribution < 1.29 is 23.6 Å². The van der Waals surface area contributed by atoms with Crippen LogP contribution in [0.25, 0.3) is 17.4 Å². The van der Waals surface area contributed by atoms with E-state index < -0.39 is 16.9 Å². The second-order valence-electron chi connectivity index (χ2n) is 9.52. The molecular formula is C30H27N3O7S. The summed E-state index contributed by atoms with van der Waals surface area (Å²) in [6.45, 7) is 7.42. The third-order valence-corrected chi connectivity index (χ3v) is 7.32. The minimum atomic E-state index is -0.820. The van der Waals surface area contributed by atoms with Gasteiger partial charge in [0.05, 0.1) is 33.4 Å². The maximum atomic E-state index is 13.9. The van der Waals surface area contributed by atoms with Crippen molar-refractivity contribution in [2.75, 3.05) is 6.61 Å². The molecule has 10 nitrogen and oxygen atoms in total. The summed E-state index contributed by atoms with van der Waals surface area (Å²) in [4.78, 5) is 42.8. The van der Waals surface area contributed by atoms with Crippen molar-refractivity contribution in [1.82, 2.24) is 4.57 Å². The molecule has 210 valence electrons. The Morgan fingerprint density at radius 3 is 2.71 bits per heavy atom. The van der Waals surface area contributed by atoms with E-state index >= 15 is 0 Å². The number of hydrogen-bond acceptors (Lipinski definition) is 9. The summed E-state index contributed by atoms with van der Waals surface area (Å²) in [7, 11) is 0. The first kappa shape index (κ1) is 27.8. The van der Waals surface area contributed by atoms with Crippen LogP contribution in [0.15, 0.2) is 86.1 Å². The fraction of sp³-hybridized carbons (Fsp3) is 0.233. The molecule has 2 aromatic carbocycles. The van der Waals surface area contributed by atoms with Gasteiger partial charge in [0.15, 0.2) is 4.80 Å². The number of aromatic nitrogens is 1. The smallest absolute Gasteiger partial charge is 0.338 e. The number of furan rings is 1. The first-order chi connectivity index (χ1) is 19.7. The number of non-ortho nitro benzene ring substituents is 1. The zero-order valence-electron chi connectivity index (χ0n) is 22.8. The molecule has 0 N–H and O–H groups in total. The van der Waals surface area contributed by atoms with Crippen LogP contribution in [0.5, 0.6) is 5.75 Å². The summed E-state index contributed by atoms with van der Waals surface area (Å²) < 4.78 is 19.2. The van der Waals surface area contributed by atoms with Gasteiger partial charge in [-0.3, -0.25) is 19.5 Å². The van der Waals surface area contributed by atoms with Crippen LogP contribution in [0.4, 0.5) is 5.69 Å². The molecule has 5 rings (SSSR count). The Hall–Kier alpha value is -4.77. The van der Waals surface area contributed by atoms with Gasteiger partial charge in [-0.05, 0) is 45.9 Å². The molecule has 4 aromatic rings. The van der Waals surface area contributed by atoms with Crippen LogP contribution in [0.3, 0.4) is 0 Å². The van der Waals surface area contributed by atoms with E-state index in [1.165, 1.54) is 28.0 Å². The predicted molar refractivity (Wildman–Crippen MR) is 153 cm³/mol. The van der Waals surface area contributed by atoms with Crippen LogP contribution in [-0.2, 0) is 9.53 Å². The summed E-state index contributed by atoms with van der Waals surface area (Å²) in [5, 5.41) is 11.2. The van der Waals surface area contributed by atoms with E-state index in [2.05, 4.69) is 4.99 Å². The number of nitro groups is 1. The Bertz CT molecular complexity index is 1860. The second kappa shape index (κ2) is 11.4. The standard InChI is InChI=1S/C30H27N3O7S/c1-5-38-29(35)26-18(4)31-30-32(27(26)22-11-6-7-12-24(22)39-17(2)3)28(34)25(41-30)16-21-13-14-23(40-21)19-9-8-10-20(15-19)33(36)37/h6-17,27H,5H2,1-4H3/b25-16+/t27-/m0/s1. The number of ether oxygens (including phenoxy) is 2. The quantitative estimate of drug-likeness (QED) is 0.169. The molecule has 1 aliphatic heterocycles. The number of carbonyl (C=O) groups is 1. The van der Waals surface area contributed by atoms with Gasteiger partial charge in [0, 0.05) is 29.3 Å². The van der Waals surface area contributed by atoms with Gasteiger partial charge < -0.3 is 13.9 Å². The molecule has 2 aromatic heterocycles. The lowest BCUT2D eigenvalue weighted by atomic mass is 9.95. The number of fused-ring (bicyclic) bond motifs is 1. The molecule has 0 saturated carbocycles. The van der Waals surface area contributed by atoms with E-state index in [4.69, 9.17) is 13.9 Å². The second-order valence-corrected chi connectivity index (χ2v) is 10.5. The minimum Gasteiger partial charge on any atom is -0.491 e. The molecule has 0 spiro atoms. The number of thiazole rings is 1. The number of rotatable bonds is 8. The van der Waals surface area contributed by atoms with Crippen molar-refractivity contribution >= 4 is 29.1 Å². The van der Waals surface area contributed by atoms with E-state index in [1.54, 1.807) is 44.2 Å². The Kier molecular flexibility index (Phi) is 7.71. The van der Waals surface area contributed by atoms with Gasteiger partial charge in [0.1, 0.15) is 23.3 Å².